The van der Waals surface area contributed by atoms with Gasteiger partial charge in [-0.25, -0.2) is 0 Å². The summed E-state index contributed by atoms with van der Waals surface area (Å²) in [4.78, 5) is 23.7. The number of rotatable bonds is 6. The van der Waals surface area contributed by atoms with Crippen LogP contribution in [0.3, 0.4) is 0 Å². The summed E-state index contributed by atoms with van der Waals surface area (Å²) >= 11 is 1.59. The van der Waals surface area contributed by atoms with Crippen LogP contribution in [0.15, 0.2) is 24.3 Å². The molecule has 1 aromatic rings. The van der Waals surface area contributed by atoms with Gasteiger partial charge in [-0.15, -0.1) is 11.8 Å². The van der Waals surface area contributed by atoms with E-state index in [0.717, 1.165) is 17.7 Å². The van der Waals surface area contributed by atoms with Crippen LogP contribution < -0.4 is 5.32 Å². The van der Waals surface area contributed by atoms with Crippen LogP contribution in [0.2, 0.25) is 0 Å². The summed E-state index contributed by atoms with van der Waals surface area (Å²) in [6, 6.07) is 7.91. The molecule has 0 fully saturated rings. The van der Waals surface area contributed by atoms with Gasteiger partial charge in [0.05, 0.1) is 18.6 Å². The number of fused-ring (bicyclic) bond motifs is 1. The van der Waals surface area contributed by atoms with Gasteiger partial charge in [-0.3, -0.25) is 9.59 Å². The summed E-state index contributed by atoms with van der Waals surface area (Å²) in [6.07, 6.45) is 0.778. The maximum absolute atomic E-state index is 12.7. The van der Waals surface area contributed by atoms with E-state index in [1.165, 1.54) is 12.7 Å². The van der Waals surface area contributed by atoms with Gasteiger partial charge in [-0.2, -0.15) is 0 Å². The lowest BCUT2D eigenvalue weighted by Gasteiger charge is -2.32. The molecule has 22 heavy (non-hydrogen) atoms. The number of carboxylic acids is 1. The highest BCUT2D eigenvalue weighted by molar-refractivity contribution is 8.00. The normalized spacial score (nSPS) is 19.8. The van der Waals surface area contributed by atoms with Crippen molar-refractivity contribution in [3.05, 3.63) is 35.4 Å². The molecule has 120 valence electrons. The molecule has 2 unspecified atom stereocenters. The van der Waals surface area contributed by atoms with Gasteiger partial charge in [0, 0.05) is 7.11 Å². The summed E-state index contributed by atoms with van der Waals surface area (Å²) in [5.74, 6) is -0.232. The van der Waals surface area contributed by atoms with Crippen molar-refractivity contribution >= 4 is 23.6 Å². The zero-order chi connectivity index (χ0) is 16.2. The third-order valence-corrected chi connectivity index (χ3v) is 4.90. The van der Waals surface area contributed by atoms with Crippen LogP contribution in [0.4, 0.5) is 0 Å². The number of aliphatic carboxylic acids is 1. The van der Waals surface area contributed by atoms with E-state index in [0.29, 0.717) is 0 Å². The van der Waals surface area contributed by atoms with E-state index in [-0.39, 0.29) is 24.2 Å². The number of carbonyl (C=O) groups excluding carboxylic acids is 1. The fourth-order valence-electron chi connectivity index (χ4n) is 2.76. The Kier molecular flexibility index (Phi) is 5.47. The minimum Gasteiger partial charge on any atom is -0.481 e. The number of carboxylic acid groups (broad SMARTS) is 1. The van der Waals surface area contributed by atoms with Crippen LogP contribution in [0, 0.1) is 0 Å². The molecule has 1 aliphatic rings. The molecule has 0 saturated carbocycles. The van der Waals surface area contributed by atoms with Gasteiger partial charge in [-0.05, 0) is 30.2 Å². The molecule has 2 rings (SSSR count). The van der Waals surface area contributed by atoms with Crippen LogP contribution >= 0.6 is 11.8 Å². The second-order valence-electron chi connectivity index (χ2n) is 5.75. The van der Waals surface area contributed by atoms with Crippen LogP contribution in [0.25, 0.3) is 0 Å². The zero-order valence-electron chi connectivity index (χ0n) is 12.8. The van der Waals surface area contributed by atoms with E-state index < -0.39 is 11.5 Å². The number of thioether (sulfide) groups is 1. The summed E-state index contributed by atoms with van der Waals surface area (Å²) in [5, 5.41) is 11.6. The first-order chi connectivity index (χ1) is 10.4. The van der Waals surface area contributed by atoms with Crippen LogP contribution in [-0.4, -0.2) is 42.0 Å². The molecule has 0 radical (unpaired) electrons. The second-order valence-corrected chi connectivity index (χ2v) is 6.97. The molecule has 1 heterocycles. The molecular formula is C16H21NO4S. The first kappa shape index (κ1) is 16.8. The quantitative estimate of drug-likeness (QED) is 0.837. The minimum atomic E-state index is -0.962. The summed E-state index contributed by atoms with van der Waals surface area (Å²) in [7, 11) is 1.50. The van der Waals surface area contributed by atoms with E-state index >= 15 is 0 Å². The van der Waals surface area contributed by atoms with Gasteiger partial charge >= 0.3 is 5.97 Å². The number of nitrogens with one attached hydrogen (secondary N) is 1. The Bertz CT molecular complexity index is 563. The number of aryl methyl sites for hydroxylation is 1. The Morgan fingerprint density at radius 3 is 2.86 bits per heavy atom. The highest BCUT2D eigenvalue weighted by atomic mass is 32.2. The Hall–Kier alpha value is -1.53. The monoisotopic (exact) mass is 323 g/mol. The third kappa shape index (κ3) is 4.01. The third-order valence-electron chi connectivity index (χ3n) is 3.66. The summed E-state index contributed by atoms with van der Waals surface area (Å²) in [6.45, 7) is 1.85. The predicted octanol–water partition coefficient (Wildman–Crippen LogP) is 2.01. The highest BCUT2D eigenvalue weighted by Crippen LogP contribution is 2.37. The van der Waals surface area contributed by atoms with Crippen molar-refractivity contribution < 1.29 is 19.4 Å². The van der Waals surface area contributed by atoms with E-state index in [1.807, 2.05) is 24.3 Å². The fraction of sp³-hybridized carbons (Fsp3) is 0.500. The van der Waals surface area contributed by atoms with Crippen molar-refractivity contribution in [1.29, 1.82) is 0 Å². The Morgan fingerprint density at radius 1 is 1.45 bits per heavy atom. The van der Waals surface area contributed by atoms with Crippen molar-refractivity contribution in [3.63, 3.8) is 0 Å². The van der Waals surface area contributed by atoms with Gasteiger partial charge in [0.25, 0.3) is 0 Å². The van der Waals surface area contributed by atoms with Gasteiger partial charge in [-0.1, -0.05) is 24.3 Å². The van der Waals surface area contributed by atoms with Crippen molar-refractivity contribution in [2.75, 3.05) is 19.5 Å². The Balaban J connectivity index is 2.16. The van der Waals surface area contributed by atoms with Crippen LogP contribution in [0.5, 0.6) is 0 Å². The maximum Gasteiger partial charge on any atom is 0.305 e. The van der Waals surface area contributed by atoms with Gasteiger partial charge < -0.3 is 15.2 Å². The first-order valence-corrected chi connectivity index (χ1v) is 8.22. The molecule has 1 aromatic carbocycles. The molecular weight excluding hydrogens is 302 g/mol. The molecule has 0 aromatic heterocycles. The Labute approximate surface area is 134 Å². The van der Waals surface area contributed by atoms with Gasteiger partial charge in [0.2, 0.25) is 5.91 Å². The molecule has 5 nitrogen and oxygen atoms in total. The first-order valence-electron chi connectivity index (χ1n) is 7.17. The van der Waals surface area contributed by atoms with Crippen molar-refractivity contribution in [2.45, 2.75) is 30.6 Å². The van der Waals surface area contributed by atoms with Gasteiger partial charge in [0.15, 0.2) is 0 Å². The fourth-order valence-corrected chi connectivity index (χ4v) is 3.95. The number of benzene rings is 1. The SMILES string of the molecule is COCC(C)(CC(=O)O)NC(=O)C1SCCc2ccccc21. The van der Waals surface area contributed by atoms with Crippen molar-refractivity contribution in [2.24, 2.45) is 0 Å². The Morgan fingerprint density at radius 2 is 2.18 bits per heavy atom. The molecule has 2 atom stereocenters. The lowest BCUT2D eigenvalue weighted by molar-refractivity contribution is -0.139. The molecule has 6 heteroatoms. The molecule has 2 N–H and O–H groups in total. The standard InChI is InChI=1S/C16H21NO4S/c1-16(10-21-2,9-13(18)19)17-15(20)14-12-6-4-3-5-11(12)7-8-22-14/h3-6,14H,7-10H2,1-2H3,(H,17,20)(H,18,19). The minimum absolute atomic E-state index is 0.155. The van der Waals surface area contributed by atoms with E-state index in [1.54, 1.807) is 18.7 Å². The van der Waals surface area contributed by atoms with E-state index in [4.69, 9.17) is 9.84 Å². The molecule has 1 aliphatic heterocycles. The second kappa shape index (κ2) is 7.15. The average Bonchev–Trinajstić information content (AvgIpc) is 2.45. The van der Waals surface area contributed by atoms with Crippen molar-refractivity contribution in [3.8, 4) is 0 Å². The maximum atomic E-state index is 12.7. The molecule has 0 saturated heterocycles. The van der Waals surface area contributed by atoms with Crippen LogP contribution in [0.1, 0.15) is 29.7 Å². The van der Waals surface area contributed by atoms with E-state index in [2.05, 4.69) is 5.32 Å². The lowest BCUT2D eigenvalue weighted by Crippen LogP contribution is -2.52. The summed E-state index contributed by atoms with van der Waals surface area (Å²) < 4.78 is 5.08. The number of carbonyl (C=O) groups is 2. The van der Waals surface area contributed by atoms with Gasteiger partial charge in [0.1, 0.15) is 5.25 Å². The number of hydrogen-bond acceptors (Lipinski definition) is 4. The molecule has 1 amide bonds. The van der Waals surface area contributed by atoms with Crippen molar-refractivity contribution in [1.82, 2.24) is 5.32 Å². The predicted molar refractivity (Wildman–Crippen MR) is 86.0 cm³/mol. The number of methoxy groups -OCH3 is 1. The topological polar surface area (TPSA) is 75.6 Å². The van der Waals surface area contributed by atoms with Crippen LogP contribution in [-0.2, 0) is 20.7 Å². The van der Waals surface area contributed by atoms with E-state index in [9.17, 15) is 9.59 Å². The largest absolute Gasteiger partial charge is 0.481 e. The number of hydrogen-bond donors (Lipinski definition) is 2. The zero-order valence-corrected chi connectivity index (χ0v) is 13.6. The molecule has 0 bridgehead atoms. The highest BCUT2D eigenvalue weighted by Gasteiger charge is 2.34. The smallest absolute Gasteiger partial charge is 0.305 e. The molecule has 0 aliphatic carbocycles. The lowest BCUT2D eigenvalue weighted by atomic mass is 9.96. The summed E-state index contributed by atoms with van der Waals surface area (Å²) in [5.41, 5.74) is 1.30. The number of ether oxygens (including phenoxy) is 1. The molecule has 0 spiro atoms. The average molecular weight is 323 g/mol. The number of amides is 1.